The third-order valence-corrected chi connectivity index (χ3v) is 5.65. The van der Waals surface area contributed by atoms with Crippen LogP contribution in [0.15, 0.2) is 12.2 Å². The van der Waals surface area contributed by atoms with E-state index in [0.717, 1.165) is 12.8 Å². The Balaban J connectivity index is 3.60. The van der Waals surface area contributed by atoms with E-state index in [9.17, 15) is 4.57 Å². The van der Waals surface area contributed by atoms with Crippen LogP contribution in [0.1, 0.15) is 103 Å². The lowest BCUT2D eigenvalue weighted by molar-refractivity contribution is -0.873. The van der Waals surface area contributed by atoms with Gasteiger partial charge in [0.15, 0.2) is 0 Å². The Morgan fingerprint density at radius 2 is 1.24 bits per heavy atom. The van der Waals surface area contributed by atoms with Gasteiger partial charge in [0.25, 0.3) is 0 Å². The lowest BCUT2D eigenvalue weighted by Crippen LogP contribution is -2.42. The lowest BCUT2D eigenvalue weighted by atomic mass is 10.1. The summed E-state index contributed by atoms with van der Waals surface area (Å²) in [6.07, 6.45) is 22.7. The van der Waals surface area contributed by atoms with Crippen molar-refractivity contribution in [1.29, 1.82) is 0 Å². The minimum Gasteiger partial charge on any atom is -0.329 e. The number of likely N-dealkylation sites (N-methyl/N-ethyl adjacent to an activating group) is 1. The zero-order chi connectivity index (χ0) is 22.0. The van der Waals surface area contributed by atoms with Gasteiger partial charge in [0.05, 0.1) is 21.1 Å². The summed E-state index contributed by atoms with van der Waals surface area (Å²) >= 11 is 0. The molecule has 1 unspecified atom stereocenters. The van der Waals surface area contributed by atoms with Crippen molar-refractivity contribution in [3.8, 4) is 0 Å². The highest BCUT2D eigenvalue weighted by molar-refractivity contribution is 7.46. The van der Waals surface area contributed by atoms with E-state index in [1.165, 1.54) is 77.0 Å². The minimum atomic E-state index is -4.42. The normalized spacial score (nSPS) is 14.0. The zero-order valence-corrected chi connectivity index (χ0v) is 20.5. The van der Waals surface area contributed by atoms with Crippen molar-refractivity contribution in [2.45, 2.75) is 109 Å². The average molecular weight is 435 g/mol. The molecule has 0 saturated heterocycles. The van der Waals surface area contributed by atoms with Crippen LogP contribution in [0.2, 0.25) is 0 Å². The average Bonchev–Trinajstić information content (AvgIpc) is 2.58. The van der Waals surface area contributed by atoms with Gasteiger partial charge in [0.1, 0.15) is 12.6 Å². The molecule has 0 bridgehead atoms. The molecule has 6 heteroatoms. The molecular weight excluding hydrogens is 385 g/mol. The van der Waals surface area contributed by atoms with E-state index >= 15 is 0 Å². The summed E-state index contributed by atoms with van der Waals surface area (Å²) in [6, 6.07) is 0. The first-order chi connectivity index (χ1) is 13.6. The van der Waals surface area contributed by atoms with Crippen LogP contribution in [0.25, 0.3) is 0 Å². The number of unbranched alkanes of at least 4 members (excludes halogenated alkanes) is 12. The highest BCUT2D eigenvalue weighted by atomic mass is 31.2. The maximum atomic E-state index is 11.2. The number of rotatable bonds is 20. The van der Waals surface area contributed by atoms with Crippen LogP contribution in [0, 0.1) is 0 Å². The highest BCUT2D eigenvalue weighted by Crippen LogP contribution is 2.39. The van der Waals surface area contributed by atoms with Gasteiger partial charge in [-0.15, -0.1) is 0 Å². The van der Waals surface area contributed by atoms with Gasteiger partial charge in [-0.05, 0) is 32.1 Å². The molecule has 5 nitrogen and oxygen atoms in total. The largest absolute Gasteiger partial charge is 0.470 e. The summed E-state index contributed by atoms with van der Waals surface area (Å²) in [5.41, 5.74) is 0. The Hall–Kier alpha value is -0.190. The molecule has 0 fully saturated rings. The van der Waals surface area contributed by atoms with Gasteiger partial charge < -0.3 is 14.3 Å². The van der Waals surface area contributed by atoms with E-state index < -0.39 is 7.82 Å². The maximum absolute atomic E-state index is 11.2. The molecule has 0 aromatic carbocycles. The fourth-order valence-electron chi connectivity index (χ4n) is 3.60. The van der Waals surface area contributed by atoms with Crippen LogP contribution >= 0.6 is 7.82 Å². The van der Waals surface area contributed by atoms with Crippen molar-refractivity contribution in [3.63, 3.8) is 0 Å². The second kappa shape index (κ2) is 17.5. The van der Waals surface area contributed by atoms with Gasteiger partial charge in [-0.25, -0.2) is 4.57 Å². The fourth-order valence-corrected chi connectivity index (χ4v) is 4.16. The van der Waals surface area contributed by atoms with Crippen molar-refractivity contribution < 1.29 is 23.4 Å². The molecule has 0 aromatic rings. The van der Waals surface area contributed by atoms with Gasteiger partial charge in [-0.3, -0.25) is 4.52 Å². The van der Waals surface area contributed by atoms with E-state index in [1.807, 2.05) is 21.1 Å². The Labute approximate surface area is 180 Å². The van der Waals surface area contributed by atoms with Crippen LogP contribution < -0.4 is 0 Å². The zero-order valence-electron chi connectivity index (χ0n) is 19.7. The number of hydrogen-bond acceptors (Lipinski definition) is 2. The van der Waals surface area contributed by atoms with Crippen molar-refractivity contribution in [3.05, 3.63) is 12.2 Å². The molecule has 0 heterocycles. The summed E-state index contributed by atoms with van der Waals surface area (Å²) in [5, 5.41) is 0. The molecule has 0 aliphatic carbocycles. The molecular formula is C23H49NO4P+. The Morgan fingerprint density at radius 1 is 0.793 bits per heavy atom. The molecule has 0 saturated carbocycles. The fraction of sp³-hybridized carbons (Fsp3) is 0.913. The molecule has 1 atom stereocenters. The highest BCUT2D eigenvalue weighted by Gasteiger charge is 2.26. The van der Waals surface area contributed by atoms with E-state index in [1.54, 1.807) is 0 Å². The predicted octanol–water partition coefficient (Wildman–Crippen LogP) is 6.60. The standard InChI is InChI=1S/C23H48NO4P/c1-5-6-7-8-9-10-11-12-13-14-15-16-17-18-19-20-21-23(22-24(2,3)4)28-29(25,26)27/h12-13,23H,5-11,14-22H2,1-4H3,(H-,25,26,27)/p+1/b13-12+. The van der Waals surface area contributed by atoms with Crippen LogP contribution in [-0.4, -0.2) is 48.1 Å². The van der Waals surface area contributed by atoms with Gasteiger partial charge in [0, 0.05) is 0 Å². The van der Waals surface area contributed by atoms with Gasteiger partial charge in [0.2, 0.25) is 0 Å². The van der Waals surface area contributed by atoms with E-state index in [2.05, 4.69) is 19.1 Å². The third kappa shape index (κ3) is 24.0. The number of phosphoric ester groups is 1. The van der Waals surface area contributed by atoms with E-state index in [-0.39, 0.29) is 6.10 Å². The summed E-state index contributed by atoms with van der Waals surface area (Å²) in [7, 11) is 1.62. The second-order valence-corrected chi connectivity index (χ2v) is 10.6. The van der Waals surface area contributed by atoms with Crippen molar-refractivity contribution in [2.75, 3.05) is 27.7 Å². The summed E-state index contributed by atoms with van der Waals surface area (Å²) < 4.78 is 16.8. The molecule has 0 amide bonds. The Kier molecular flexibility index (Phi) is 17.4. The van der Waals surface area contributed by atoms with E-state index in [4.69, 9.17) is 14.3 Å². The summed E-state index contributed by atoms with van der Waals surface area (Å²) in [4.78, 5) is 18.2. The molecule has 0 aliphatic heterocycles. The number of allylic oxidation sites excluding steroid dienone is 2. The van der Waals surface area contributed by atoms with Crippen molar-refractivity contribution >= 4 is 7.82 Å². The van der Waals surface area contributed by atoms with E-state index in [0.29, 0.717) is 17.4 Å². The van der Waals surface area contributed by atoms with Gasteiger partial charge in [-0.2, -0.15) is 0 Å². The molecule has 0 aliphatic rings. The van der Waals surface area contributed by atoms with Gasteiger partial charge in [-0.1, -0.05) is 83.3 Å². The second-order valence-electron chi connectivity index (χ2n) is 9.42. The first-order valence-electron chi connectivity index (χ1n) is 11.8. The summed E-state index contributed by atoms with van der Waals surface area (Å²) in [6.45, 7) is 2.87. The number of hydrogen-bond donors (Lipinski definition) is 2. The van der Waals surface area contributed by atoms with Crippen LogP contribution in [0.3, 0.4) is 0 Å². The maximum Gasteiger partial charge on any atom is 0.470 e. The first-order valence-corrected chi connectivity index (χ1v) is 13.4. The van der Waals surface area contributed by atoms with Crippen LogP contribution in [-0.2, 0) is 9.09 Å². The SMILES string of the molecule is CCCCCCCC/C=C/CCCCCCCCC(C[N+](C)(C)C)OP(=O)(O)O. The molecule has 29 heavy (non-hydrogen) atoms. The minimum absolute atomic E-state index is 0.382. The predicted molar refractivity (Wildman–Crippen MR) is 124 cm³/mol. The molecule has 2 N–H and O–H groups in total. The molecule has 0 aromatic heterocycles. The number of quaternary nitrogens is 1. The quantitative estimate of drug-likeness (QED) is 0.0980. The Morgan fingerprint density at radius 3 is 1.69 bits per heavy atom. The smallest absolute Gasteiger partial charge is 0.329 e. The Bertz CT molecular complexity index is 443. The number of nitrogens with zero attached hydrogens (tertiary/aromatic N) is 1. The molecule has 0 rings (SSSR count). The number of phosphoric acid groups is 1. The third-order valence-electron chi connectivity index (χ3n) is 5.08. The monoisotopic (exact) mass is 434 g/mol. The van der Waals surface area contributed by atoms with Crippen molar-refractivity contribution in [1.82, 2.24) is 0 Å². The van der Waals surface area contributed by atoms with Crippen molar-refractivity contribution in [2.24, 2.45) is 0 Å². The van der Waals surface area contributed by atoms with Crippen LogP contribution in [0.4, 0.5) is 0 Å². The topological polar surface area (TPSA) is 66.8 Å². The molecule has 0 radical (unpaired) electrons. The molecule has 0 spiro atoms. The van der Waals surface area contributed by atoms with Crippen LogP contribution in [0.5, 0.6) is 0 Å². The first kappa shape index (κ1) is 28.8. The summed E-state index contributed by atoms with van der Waals surface area (Å²) in [5.74, 6) is 0. The lowest BCUT2D eigenvalue weighted by Gasteiger charge is -2.29. The van der Waals surface area contributed by atoms with Gasteiger partial charge >= 0.3 is 7.82 Å². The molecule has 174 valence electrons.